The summed E-state index contributed by atoms with van der Waals surface area (Å²) in [4.78, 5) is 2.12. The lowest BCUT2D eigenvalue weighted by atomic mass is 10.0. The van der Waals surface area contributed by atoms with Crippen LogP contribution in [0.3, 0.4) is 0 Å². The van der Waals surface area contributed by atoms with Crippen molar-refractivity contribution in [1.29, 1.82) is 0 Å². The summed E-state index contributed by atoms with van der Waals surface area (Å²) in [6.45, 7) is 4.57. The minimum absolute atomic E-state index is 0.0233. The minimum Gasteiger partial charge on any atom is -0.406 e. The number of nitrogens with two attached hydrogens (primary N) is 1. The molecule has 2 atom stereocenters. The van der Waals surface area contributed by atoms with Crippen LogP contribution in [0.5, 0.6) is 5.75 Å². The minimum atomic E-state index is -4.66. The third-order valence-electron chi connectivity index (χ3n) is 3.50. The molecule has 1 rings (SSSR count). The number of hydrogen-bond donors (Lipinski definition) is 1. The highest BCUT2D eigenvalue weighted by Crippen LogP contribution is 2.26. The first-order valence-corrected chi connectivity index (χ1v) is 6.56. The van der Waals surface area contributed by atoms with Gasteiger partial charge in [0.25, 0.3) is 0 Å². The number of nitrogens with zero attached hydrogens (tertiary/aromatic N) is 1. The molecule has 0 radical (unpaired) electrons. The molecule has 0 aliphatic carbocycles. The van der Waals surface area contributed by atoms with E-state index in [0.717, 1.165) is 12.0 Å². The van der Waals surface area contributed by atoms with Crippen molar-refractivity contribution < 1.29 is 17.9 Å². The molecule has 0 aliphatic rings. The molecule has 2 N–H and O–H groups in total. The molecule has 2 unspecified atom stereocenters. The quantitative estimate of drug-likeness (QED) is 0.873. The zero-order valence-electron chi connectivity index (χ0n) is 11.9. The van der Waals surface area contributed by atoms with Gasteiger partial charge in [-0.1, -0.05) is 19.1 Å². The Hall–Kier alpha value is -1.27. The van der Waals surface area contributed by atoms with Crippen LogP contribution in [0.15, 0.2) is 24.3 Å². The second-order valence-corrected chi connectivity index (χ2v) is 4.79. The predicted molar refractivity (Wildman–Crippen MR) is 72.4 cm³/mol. The first-order valence-electron chi connectivity index (χ1n) is 6.56. The Balaban J connectivity index is 2.85. The fraction of sp³-hybridized carbons (Fsp3) is 0.571. The normalized spacial score (nSPS) is 15.2. The topological polar surface area (TPSA) is 38.5 Å². The van der Waals surface area contributed by atoms with Crippen LogP contribution >= 0.6 is 0 Å². The average molecular weight is 290 g/mol. The summed E-state index contributed by atoms with van der Waals surface area (Å²) in [6, 6.07) is 6.19. The fourth-order valence-electron chi connectivity index (χ4n) is 2.02. The Kier molecular flexibility index (Phi) is 5.83. The highest BCUT2D eigenvalue weighted by molar-refractivity contribution is 5.29. The van der Waals surface area contributed by atoms with Crippen molar-refractivity contribution in [3.63, 3.8) is 0 Å². The van der Waals surface area contributed by atoms with E-state index in [2.05, 4.69) is 23.5 Å². The van der Waals surface area contributed by atoms with Crippen LogP contribution < -0.4 is 10.5 Å². The van der Waals surface area contributed by atoms with Crippen LogP contribution in [0.1, 0.15) is 31.9 Å². The number of hydrogen-bond acceptors (Lipinski definition) is 3. The first-order chi connectivity index (χ1) is 9.28. The SMILES string of the molecule is CCC(C)N(C)C(CN)c1ccc(OC(F)(F)F)cc1. The van der Waals surface area contributed by atoms with Crippen molar-refractivity contribution in [2.45, 2.75) is 38.7 Å². The number of likely N-dealkylation sites (N-methyl/N-ethyl adjacent to an activating group) is 1. The summed E-state index contributed by atoms with van der Waals surface area (Å²) in [6.07, 6.45) is -3.69. The van der Waals surface area contributed by atoms with Gasteiger partial charge in [0, 0.05) is 18.6 Å². The summed E-state index contributed by atoms with van der Waals surface area (Å²) in [7, 11) is 1.96. The second-order valence-electron chi connectivity index (χ2n) is 4.79. The first kappa shape index (κ1) is 16.8. The lowest BCUT2D eigenvalue weighted by Crippen LogP contribution is -2.36. The maximum absolute atomic E-state index is 12.1. The molecule has 0 amide bonds. The second kappa shape index (κ2) is 6.95. The summed E-state index contributed by atoms with van der Waals surface area (Å²) < 4.78 is 40.1. The van der Waals surface area contributed by atoms with Crippen LogP contribution in [0, 0.1) is 0 Å². The molecule has 1 aromatic rings. The number of ether oxygens (including phenoxy) is 1. The third-order valence-corrected chi connectivity index (χ3v) is 3.50. The predicted octanol–water partition coefficient (Wildman–Crippen LogP) is 3.32. The zero-order chi connectivity index (χ0) is 15.3. The van der Waals surface area contributed by atoms with Crippen molar-refractivity contribution in [1.82, 2.24) is 4.90 Å². The molecular weight excluding hydrogens is 269 g/mol. The Morgan fingerprint density at radius 1 is 1.25 bits per heavy atom. The summed E-state index contributed by atoms with van der Waals surface area (Å²) in [5.41, 5.74) is 6.66. The van der Waals surface area contributed by atoms with E-state index in [4.69, 9.17) is 5.73 Å². The molecule has 0 fully saturated rings. The Morgan fingerprint density at radius 3 is 2.20 bits per heavy atom. The molecule has 0 aliphatic heterocycles. The van der Waals surface area contributed by atoms with Crippen molar-refractivity contribution in [2.75, 3.05) is 13.6 Å². The van der Waals surface area contributed by atoms with Gasteiger partial charge in [0.1, 0.15) is 5.75 Å². The smallest absolute Gasteiger partial charge is 0.406 e. The molecule has 3 nitrogen and oxygen atoms in total. The van der Waals surface area contributed by atoms with Crippen molar-refractivity contribution >= 4 is 0 Å². The van der Waals surface area contributed by atoms with E-state index in [1.54, 1.807) is 12.1 Å². The van der Waals surface area contributed by atoms with Gasteiger partial charge in [-0.05, 0) is 38.1 Å². The molecule has 6 heteroatoms. The largest absolute Gasteiger partial charge is 0.573 e. The molecule has 1 aromatic carbocycles. The maximum atomic E-state index is 12.1. The van der Waals surface area contributed by atoms with E-state index < -0.39 is 6.36 Å². The van der Waals surface area contributed by atoms with Gasteiger partial charge >= 0.3 is 6.36 Å². The van der Waals surface area contributed by atoms with Crippen molar-refractivity contribution in [2.24, 2.45) is 5.73 Å². The van der Waals surface area contributed by atoms with Gasteiger partial charge in [-0.2, -0.15) is 0 Å². The lowest BCUT2D eigenvalue weighted by Gasteiger charge is -2.32. The van der Waals surface area contributed by atoms with Crippen LogP contribution in [-0.2, 0) is 0 Å². The van der Waals surface area contributed by atoms with Crippen LogP contribution in [0.4, 0.5) is 13.2 Å². The monoisotopic (exact) mass is 290 g/mol. The fourth-order valence-corrected chi connectivity index (χ4v) is 2.02. The molecule has 20 heavy (non-hydrogen) atoms. The van der Waals surface area contributed by atoms with E-state index >= 15 is 0 Å². The van der Waals surface area contributed by atoms with Gasteiger partial charge < -0.3 is 10.5 Å². The number of alkyl halides is 3. The third kappa shape index (κ3) is 4.68. The van der Waals surface area contributed by atoms with Crippen LogP contribution in [0.25, 0.3) is 0 Å². The lowest BCUT2D eigenvalue weighted by molar-refractivity contribution is -0.274. The summed E-state index contributed by atoms with van der Waals surface area (Å²) >= 11 is 0. The van der Waals surface area contributed by atoms with Crippen LogP contribution in [-0.4, -0.2) is 30.9 Å². The van der Waals surface area contributed by atoms with E-state index in [1.165, 1.54) is 12.1 Å². The number of benzene rings is 1. The van der Waals surface area contributed by atoms with Gasteiger partial charge in [0.05, 0.1) is 0 Å². The Bertz CT molecular complexity index is 406. The molecule has 0 saturated carbocycles. The molecule has 0 heterocycles. The van der Waals surface area contributed by atoms with Crippen molar-refractivity contribution in [3.8, 4) is 5.75 Å². The molecule has 114 valence electrons. The van der Waals surface area contributed by atoms with Gasteiger partial charge in [0.2, 0.25) is 0 Å². The van der Waals surface area contributed by atoms with Gasteiger partial charge in [-0.3, -0.25) is 4.90 Å². The van der Waals surface area contributed by atoms with Gasteiger partial charge in [-0.15, -0.1) is 13.2 Å². The van der Waals surface area contributed by atoms with E-state index in [1.807, 2.05) is 7.05 Å². The number of halogens is 3. The van der Waals surface area contributed by atoms with E-state index in [9.17, 15) is 13.2 Å². The maximum Gasteiger partial charge on any atom is 0.573 e. The van der Waals surface area contributed by atoms with Gasteiger partial charge in [-0.25, -0.2) is 0 Å². The van der Waals surface area contributed by atoms with Gasteiger partial charge in [0.15, 0.2) is 0 Å². The van der Waals surface area contributed by atoms with Crippen LogP contribution in [0.2, 0.25) is 0 Å². The standard InChI is InChI=1S/C14H21F3N2O/c1-4-10(2)19(3)13(9-18)11-5-7-12(8-6-11)20-14(15,16)17/h5-8,10,13H,4,9,18H2,1-3H3. The van der Waals surface area contributed by atoms with E-state index in [0.29, 0.717) is 12.6 Å². The highest BCUT2D eigenvalue weighted by Gasteiger charge is 2.31. The molecule has 0 saturated heterocycles. The molecule has 0 bridgehead atoms. The zero-order valence-corrected chi connectivity index (χ0v) is 11.9. The number of rotatable bonds is 6. The molecular formula is C14H21F3N2O. The van der Waals surface area contributed by atoms with E-state index in [-0.39, 0.29) is 11.8 Å². The summed E-state index contributed by atoms with van der Waals surface area (Å²) in [5.74, 6) is -0.219. The Labute approximate surface area is 117 Å². The molecule has 0 spiro atoms. The molecule has 0 aromatic heterocycles. The summed E-state index contributed by atoms with van der Waals surface area (Å²) in [5, 5.41) is 0. The van der Waals surface area contributed by atoms with Crippen molar-refractivity contribution in [3.05, 3.63) is 29.8 Å². The highest BCUT2D eigenvalue weighted by atomic mass is 19.4. The Morgan fingerprint density at radius 2 is 1.80 bits per heavy atom. The average Bonchev–Trinajstić information content (AvgIpc) is 2.38.